The molecule has 0 saturated carbocycles. The van der Waals surface area contributed by atoms with Crippen molar-refractivity contribution in [2.45, 2.75) is 37.4 Å². The zero-order chi connectivity index (χ0) is 14.2. The van der Waals surface area contributed by atoms with Crippen molar-refractivity contribution in [1.29, 1.82) is 0 Å². The summed E-state index contributed by atoms with van der Waals surface area (Å²) in [5.74, 6) is 0. The van der Waals surface area contributed by atoms with Gasteiger partial charge in [0.1, 0.15) is 11.7 Å². The molecule has 4 N–H and O–H groups in total. The molecule has 0 bridgehead atoms. The maximum atomic E-state index is 11.1. The molecular formula is C11H16N2O5S. The first-order chi connectivity index (χ1) is 8.87. The number of H-pyrrole nitrogens is 1. The van der Waals surface area contributed by atoms with Crippen molar-refractivity contribution in [3.63, 3.8) is 0 Å². The third-order valence-corrected chi connectivity index (χ3v) is 3.58. The van der Waals surface area contributed by atoms with E-state index < -0.39 is 24.0 Å². The van der Waals surface area contributed by atoms with E-state index in [-0.39, 0.29) is 23.4 Å². The smallest absolute Gasteiger partial charge is 0.251 e. The van der Waals surface area contributed by atoms with Crippen LogP contribution in [0.5, 0.6) is 0 Å². The predicted octanol–water partition coefficient (Wildman–Crippen LogP) is -0.702. The Morgan fingerprint density at radius 1 is 1.63 bits per heavy atom. The van der Waals surface area contributed by atoms with E-state index >= 15 is 0 Å². The molecule has 0 aromatic carbocycles. The maximum absolute atomic E-state index is 11.1. The van der Waals surface area contributed by atoms with E-state index in [1.54, 1.807) is 0 Å². The standard InChI is InChI=1S/C11H16N2O5S/c1-11(17)8(16)6(3-5-14)18-9(11)13-4-2-7(15)12-10(13)19/h2,4,6,8-9,14,16-17H,3,5H2,1H3,(H,12,15,19)/t6?,8-,9+,11?/m0/s1. The van der Waals surface area contributed by atoms with Crippen LogP contribution < -0.4 is 5.56 Å². The minimum Gasteiger partial charge on any atom is -0.396 e. The average molecular weight is 288 g/mol. The van der Waals surface area contributed by atoms with E-state index in [9.17, 15) is 15.0 Å². The minimum atomic E-state index is -1.57. The molecule has 2 unspecified atom stereocenters. The molecule has 1 saturated heterocycles. The first-order valence-corrected chi connectivity index (χ1v) is 6.27. The summed E-state index contributed by atoms with van der Waals surface area (Å²) >= 11 is 5.01. The molecule has 0 spiro atoms. The summed E-state index contributed by atoms with van der Waals surface area (Å²) in [4.78, 5) is 13.5. The first kappa shape index (κ1) is 14.4. The monoisotopic (exact) mass is 288 g/mol. The van der Waals surface area contributed by atoms with Gasteiger partial charge in [-0.2, -0.15) is 0 Å². The quantitative estimate of drug-likeness (QED) is 0.548. The maximum Gasteiger partial charge on any atom is 0.251 e. The molecule has 19 heavy (non-hydrogen) atoms. The van der Waals surface area contributed by atoms with Crippen LogP contribution >= 0.6 is 12.2 Å². The van der Waals surface area contributed by atoms with Crippen molar-refractivity contribution < 1.29 is 20.1 Å². The van der Waals surface area contributed by atoms with E-state index in [2.05, 4.69) is 4.98 Å². The van der Waals surface area contributed by atoms with Gasteiger partial charge in [0.2, 0.25) is 0 Å². The van der Waals surface area contributed by atoms with E-state index in [0.29, 0.717) is 0 Å². The SMILES string of the molecule is CC1(O)[C@@H](O)C(CCO)O[C@H]1n1ccc(=O)[nH]c1=S. The van der Waals surface area contributed by atoms with Gasteiger partial charge in [0.15, 0.2) is 11.0 Å². The fourth-order valence-corrected chi connectivity index (χ4v) is 2.47. The van der Waals surface area contributed by atoms with Gasteiger partial charge in [0, 0.05) is 18.9 Å². The van der Waals surface area contributed by atoms with Gasteiger partial charge in [0.05, 0.1) is 6.10 Å². The molecule has 106 valence electrons. The molecule has 7 nitrogen and oxygen atoms in total. The summed E-state index contributed by atoms with van der Waals surface area (Å²) in [7, 11) is 0. The molecule has 0 aliphatic carbocycles. The van der Waals surface area contributed by atoms with Crippen molar-refractivity contribution in [2.75, 3.05) is 6.61 Å². The van der Waals surface area contributed by atoms with Crippen molar-refractivity contribution in [1.82, 2.24) is 9.55 Å². The second-order valence-corrected chi connectivity index (χ2v) is 5.11. The summed E-state index contributed by atoms with van der Waals surface area (Å²) < 4.78 is 7.01. The van der Waals surface area contributed by atoms with Crippen LogP contribution in [-0.2, 0) is 4.74 Å². The molecule has 1 aromatic rings. The molecule has 1 fully saturated rings. The fraction of sp³-hybridized carbons (Fsp3) is 0.636. The Morgan fingerprint density at radius 3 is 2.89 bits per heavy atom. The molecule has 8 heteroatoms. The van der Waals surface area contributed by atoms with Crippen molar-refractivity contribution >= 4 is 12.2 Å². The number of aromatic amines is 1. The Balaban J connectivity index is 2.39. The van der Waals surface area contributed by atoms with Gasteiger partial charge in [-0.15, -0.1) is 0 Å². The van der Waals surface area contributed by atoms with Crippen LogP contribution in [0.15, 0.2) is 17.1 Å². The van der Waals surface area contributed by atoms with Crippen LogP contribution in [0.25, 0.3) is 0 Å². The van der Waals surface area contributed by atoms with Crippen molar-refractivity contribution in [3.05, 3.63) is 27.4 Å². The average Bonchev–Trinajstić information content (AvgIpc) is 2.54. The van der Waals surface area contributed by atoms with Crippen LogP contribution in [0.4, 0.5) is 0 Å². The Labute approximate surface area is 114 Å². The topological polar surface area (TPSA) is 108 Å². The third-order valence-electron chi connectivity index (χ3n) is 3.27. The summed E-state index contributed by atoms with van der Waals surface area (Å²) in [5.41, 5.74) is -1.93. The zero-order valence-corrected chi connectivity index (χ0v) is 11.1. The van der Waals surface area contributed by atoms with E-state index in [4.69, 9.17) is 22.1 Å². The van der Waals surface area contributed by atoms with Gasteiger partial charge in [-0.05, 0) is 25.6 Å². The largest absolute Gasteiger partial charge is 0.396 e. The molecule has 1 aromatic heterocycles. The normalized spacial score (nSPS) is 34.6. The van der Waals surface area contributed by atoms with Gasteiger partial charge >= 0.3 is 0 Å². The highest BCUT2D eigenvalue weighted by Crippen LogP contribution is 2.39. The van der Waals surface area contributed by atoms with E-state index in [1.807, 2.05) is 0 Å². The molecule has 0 radical (unpaired) electrons. The van der Waals surface area contributed by atoms with Gasteiger partial charge in [-0.1, -0.05) is 0 Å². The fourth-order valence-electron chi connectivity index (χ4n) is 2.21. The number of aromatic nitrogens is 2. The van der Waals surface area contributed by atoms with Gasteiger partial charge in [-0.3, -0.25) is 14.3 Å². The van der Waals surface area contributed by atoms with E-state index in [0.717, 1.165) is 0 Å². The van der Waals surface area contributed by atoms with Gasteiger partial charge in [-0.25, -0.2) is 0 Å². The number of hydrogen-bond acceptors (Lipinski definition) is 6. The zero-order valence-electron chi connectivity index (χ0n) is 10.3. The molecule has 1 aliphatic rings. The van der Waals surface area contributed by atoms with Crippen LogP contribution in [0.1, 0.15) is 19.6 Å². The molecule has 2 heterocycles. The second-order valence-electron chi connectivity index (χ2n) is 4.73. The highest BCUT2D eigenvalue weighted by molar-refractivity contribution is 7.71. The summed E-state index contributed by atoms with van der Waals surface area (Å²) in [5, 5.41) is 29.3. The summed E-state index contributed by atoms with van der Waals surface area (Å²) in [6.45, 7) is 1.26. The Bertz CT molecular complexity index is 567. The summed E-state index contributed by atoms with van der Waals surface area (Å²) in [6, 6.07) is 1.25. The number of hydrogen-bond donors (Lipinski definition) is 4. The first-order valence-electron chi connectivity index (χ1n) is 5.86. The number of aliphatic hydroxyl groups excluding tert-OH is 2. The van der Waals surface area contributed by atoms with Crippen LogP contribution in [0, 0.1) is 4.77 Å². The van der Waals surface area contributed by atoms with Crippen LogP contribution in [0.3, 0.4) is 0 Å². The second kappa shape index (κ2) is 5.14. The lowest BCUT2D eigenvalue weighted by molar-refractivity contribution is -0.0971. The number of nitrogens with zero attached hydrogens (tertiary/aromatic N) is 1. The van der Waals surface area contributed by atoms with Crippen molar-refractivity contribution in [2.24, 2.45) is 0 Å². The van der Waals surface area contributed by atoms with Gasteiger partial charge < -0.3 is 20.1 Å². The lowest BCUT2D eigenvalue weighted by Gasteiger charge is -2.27. The van der Waals surface area contributed by atoms with E-state index in [1.165, 1.54) is 23.8 Å². The highest BCUT2D eigenvalue weighted by Gasteiger charge is 2.52. The summed E-state index contributed by atoms with van der Waals surface area (Å²) in [6.07, 6.45) is -1.18. The van der Waals surface area contributed by atoms with Gasteiger partial charge in [0.25, 0.3) is 5.56 Å². The van der Waals surface area contributed by atoms with Crippen LogP contribution in [-0.4, -0.2) is 49.3 Å². The highest BCUT2D eigenvalue weighted by atomic mass is 32.1. The lowest BCUT2D eigenvalue weighted by Crippen LogP contribution is -2.44. The Morgan fingerprint density at radius 2 is 2.32 bits per heavy atom. The molecule has 2 rings (SSSR count). The minimum absolute atomic E-state index is 0.0922. The number of aliphatic hydroxyl groups is 3. The number of rotatable bonds is 3. The Kier molecular flexibility index (Phi) is 3.88. The third kappa shape index (κ3) is 2.49. The molecule has 0 amide bonds. The number of nitrogens with one attached hydrogen (secondary N) is 1. The Hall–Kier alpha value is -1.06. The van der Waals surface area contributed by atoms with Crippen molar-refractivity contribution in [3.8, 4) is 0 Å². The molecule has 4 atom stereocenters. The molecular weight excluding hydrogens is 272 g/mol. The molecule has 1 aliphatic heterocycles. The predicted molar refractivity (Wildman–Crippen MR) is 68.1 cm³/mol. The van der Waals surface area contributed by atoms with Crippen LogP contribution in [0.2, 0.25) is 0 Å². The number of ether oxygens (including phenoxy) is 1. The lowest BCUT2D eigenvalue weighted by atomic mass is 9.95.